The van der Waals surface area contributed by atoms with E-state index in [-0.39, 0.29) is 11.5 Å². The smallest absolute Gasteiger partial charge is 0.356 e. The Morgan fingerprint density at radius 1 is 1.14 bits per heavy atom. The van der Waals surface area contributed by atoms with Gasteiger partial charge in [-0.15, -0.1) is 0 Å². The number of hydrogen-bond acceptors (Lipinski definition) is 3. The minimum Gasteiger partial charge on any atom is -0.476 e. The normalized spacial score (nSPS) is 10.5. The molecule has 0 atom stereocenters. The Bertz CT molecular complexity index is 797. The van der Waals surface area contributed by atoms with Gasteiger partial charge in [0, 0.05) is 18.0 Å². The van der Waals surface area contributed by atoms with Crippen LogP contribution in [-0.2, 0) is 0 Å². The van der Waals surface area contributed by atoms with Crippen LogP contribution < -0.4 is 0 Å². The van der Waals surface area contributed by atoms with Gasteiger partial charge in [0.15, 0.2) is 5.69 Å². The van der Waals surface area contributed by atoms with Crippen LogP contribution in [0.15, 0.2) is 54.9 Å². The monoisotopic (exact) mass is 283 g/mol. The highest BCUT2D eigenvalue weighted by Gasteiger charge is 2.13. The number of rotatable bonds is 3. The number of aromatic nitrogens is 3. The van der Waals surface area contributed by atoms with Gasteiger partial charge >= 0.3 is 5.97 Å². The van der Waals surface area contributed by atoms with E-state index in [2.05, 4.69) is 10.1 Å². The molecule has 0 amide bonds. The van der Waals surface area contributed by atoms with E-state index in [0.717, 1.165) is 5.56 Å². The first-order valence-electron chi connectivity index (χ1n) is 6.15. The van der Waals surface area contributed by atoms with Crippen LogP contribution in [0.1, 0.15) is 10.5 Å². The molecule has 3 aromatic rings. The van der Waals surface area contributed by atoms with Crippen LogP contribution in [0, 0.1) is 5.82 Å². The molecule has 0 bridgehead atoms. The summed E-state index contributed by atoms with van der Waals surface area (Å²) in [6.45, 7) is 0. The maximum absolute atomic E-state index is 12.9. The van der Waals surface area contributed by atoms with Crippen LogP contribution in [0.2, 0.25) is 0 Å². The Hall–Kier alpha value is -3.02. The Morgan fingerprint density at radius 3 is 2.62 bits per heavy atom. The van der Waals surface area contributed by atoms with Crippen molar-refractivity contribution >= 4 is 5.97 Å². The summed E-state index contributed by atoms with van der Waals surface area (Å²) in [6, 6.07) is 10.9. The Morgan fingerprint density at radius 2 is 1.90 bits per heavy atom. The van der Waals surface area contributed by atoms with Gasteiger partial charge in [-0.3, -0.25) is 0 Å². The van der Waals surface area contributed by atoms with Crippen molar-refractivity contribution < 1.29 is 14.3 Å². The van der Waals surface area contributed by atoms with Crippen LogP contribution in [0.4, 0.5) is 4.39 Å². The summed E-state index contributed by atoms with van der Waals surface area (Å²) in [5.74, 6) is -1.44. The summed E-state index contributed by atoms with van der Waals surface area (Å²) in [5.41, 5.74) is 1.66. The van der Waals surface area contributed by atoms with Gasteiger partial charge in [0.25, 0.3) is 0 Å². The van der Waals surface area contributed by atoms with Gasteiger partial charge in [-0.25, -0.2) is 18.9 Å². The molecule has 0 saturated heterocycles. The maximum atomic E-state index is 12.9. The number of pyridine rings is 1. The molecule has 2 heterocycles. The van der Waals surface area contributed by atoms with E-state index < -0.39 is 5.97 Å². The van der Waals surface area contributed by atoms with Crippen LogP contribution in [0.5, 0.6) is 0 Å². The van der Waals surface area contributed by atoms with E-state index in [4.69, 9.17) is 5.11 Å². The average molecular weight is 283 g/mol. The second-order valence-electron chi connectivity index (χ2n) is 4.33. The molecule has 0 saturated carbocycles. The zero-order chi connectivity index (χ0) is 14.8. The number of halogens is 1. The topological polar surface area (TPSA) is 68.0 Å². The Balaban J connectivity index is 2.03. The van der Waals surface area contributed by atoms with E-state index in [9.17, 15) is 9.18 Å². The van der Waals surface area contributed by atoms with E-state index in [1.54, 1.807) is 36.5 Å². The van der Waals surface area contributed by atoms with Crippen molar-refractivity contribution in [3.8, 4) is 16.9 Å². The molecule has 104 valence electrons. The highest BCUT2D eigenvalue weighted by atomic mass is 19.1. The molecule has 21 heavy (non-hydrogen) atoms. The van der Waals surface area contributed by atoms with Gasteiger partial charge in [0.1, 0.15) is 5.82 Å². The van der Waals surface area contributed by atoms with Gasteiger partial charge in [0.2, 0.25) is 0 Å². The lowest BCUT2D eigenvalue weighted by molar-refractivity contribution is 0.0690. The van der Waals surface area contributed by atoms with Gasteiger partial charge in [-0.1, -0.05) is 0 Å². The average Bonchev–Trinajstić information content (AvgIpc) is 2.97. The lowest BCUT2D eigenvalue weighted by Gasteiger charge is -2.04. The van der Waals surface area contributed by atoms with Gasteiger partial charge in [-0.05, 0) is 42.5 Å². The highest BCUT2D eigenvalue weighted by molar-refractivity contribution is 5.89. The number of carbonyl (C=O) groups is 1. The van der Waals surface area contributed by atoms with E-state index >= 15 is 0 Å². The fourth-order valence-corrected chi connectivity index (χ4v) is 1.98. The molecule has 5 nitrogen and oxygen atoms in total. The Kier molecular flexibility index (Phi) is 3.19. The number of hydrogen-bond donors (Lipinski definition) is 1. The molecule has 1 N–H and O–H groups in total. The number of aromatic carboxylic acids is 1. The summed E-state index contributed by atoms with van der Waals surface area (Å²) in [6.07, 6.45) is 3.06. The van der Waals surface area contributed by atoms with E-state index in [1.807, 2.05) is 0 Å². The second-order valence-corrected chi connectivity index (χ2v) is 4.33. The van der Waals surface area contributed by atoms with Crippen molar-refractivity contribution in [2.45, 2.75) is 0 Å². The SMILES string of the molecule is O=C(O)c1ncccc1-n1ccc(-c2ccc(F)cc2)n1. The third-order valence-electron chi connectivity index (χ3n) is 2.96. The number of carboxylic acid groups (broad SMARTS) is 1. The second kappa shape index (κ2) is 5.16. The van der Waals surface area contributed by atoms with Gasteiger partial charge in [-0.2, -0.15) is 5.10 Å². The summed E-state index contributed by atoms with van der Waals surface area (Å²) in [5, 5.41) is 13.5. The quantitative estimate of drug-likeness (QED) is 0.802. The maximum Gasteiger partial charge on any atom is 0.356 e. The molecule has 0 aliphatic carbocycles. The molecule has 3 rings (SSSR count). The first-order valence-corrected chi connectivity index (χ1v) is 6.15. The third kappa shape index (κ3) is 2.51. The minimum atomic E-state index is -1.12. The molecule has 0 fully saturated rings. The highest BCUT2D eigenvalue weighted by Crippen LogP contribution is 2.19. The van der Waals surface area contributed by atoms with Gasteiger partial charge in [0.05, 0.1) is 11.4 Å². The first-order chi connectivity index (χ1) is 10.1. The van der Waals surface area contributed by atoms with Gasteiger partial charge < -0.3 is 5.11 Å². The zero-order valence-corrected chi connectivity index (χ0v) is 10.8. The lowest BCUT2D eigenvalue weighted by Crippen LogP contribution is -2.08. The summed E-state index contributed by atoms with van der Waals surface area (Å²) >= 11 is 0. The lowest BCUT2D eigenvalue weighted by atomic mass is 10.1. The summed E-state index contributed by atoms with van der Waals surface area (Å²) in [4.78, 5) is 15.0. The fraction of sp³-hybridized carbons (Fsp3) is 0. The van der Waals surface area contributed by atoms with Crippen LogP contribution >= 0.6 is 0 Å². The standard InChI is InChI=1S/C15H10FN3O2/c16-11-5-3-10(4-6-11)12-7-9-19(18-12)13-2-1-8-17-14(13)15(20)21/h1-9H,(H,20,21). The summed E-state index contributed by atoms with van der Waals surface area (Å²) < 4.78 is 14.4. The molecule has 6 heteroatoms. The zero-order valence-electron chi connectivity index (χ0n) is 10.8. The van der Waals surface area contributed by atoms with Crippen molar-refractivity contribution in [2.75, 3.05) is 0 Å². The molecule has 0 radical (unpaired) electrons. The van der Waals surface area contributed by atoms with E-state index in [1.165, 1.54) is 23.0 Å². The van der Waals surface area contributed by atoms with Crippen molar-refractivity contribution in [1.29, 1.82) is 0 Å². The van der Waals surface area contributed by atoms with E-state index in [0.29, 0.717) is 11.4 Å². The largest absolute Gasteiger partial charge is 0.476 e. The van der Waals surface area contributed by atoms with Crippen molar-refractivity contribution in [3.05, 3.63) is 66.4 Å². The summed E-state index contributed by atoms with van der Waals surface area (Å²) in [7, 11) is 0. The van der Waals surface area contributed by atoms with Crippen molar-refractivity contribution in [1.82, 2.24) is 14.8 Å². The van der Waals surface area contributed by atoms with Crippen LogP contribution in [-0.4, -0.2) is 25.8 Å². The molecular weight excluding hydrogens is 273 g/mol. The van der Waals surface area contributed by atoms with Crippen molar-refractivity contribution in [2.24, 2.45) is 0 Å². The van der Waals surface area contributed by atoms with Crippen LogP contribution in [0.25, 0.3) is 16.9 Å². The fourth-order valence-electron chi connectivity index (χ4n) is 1.98. The third-order valence-corrected chi connectivity index (χ3v) is 2.96. The number of carboxylic acids is 1. The molecule has 0 aliphatic heterocycles. The molecular formula is C15H10FN3O2. The molecule has 2 aromatic heterocycles. The van der Waals surface area contributed by atoms with Crippen molar-refractivity contribution in [3.63, 3.8) is 0 Å². The van der Waals surface area contributed by atoms with Crippen LogP contribution in [0.3, 0.4) is 0 Å². The Labute approximate surface area is 119 Å². The molecule has 0 unspecified atom stereocenters. The predicted molar refractivity (Wildman–Crippen MR) is 73.7 cm³/mol. The first kappa shape index (κ1) is 13.0. The predicted octanol–water partition coefficient (Wildman–Crippen LogP) is 2.77. The molecule has 0 spiro atoms. The molecule has 0 aliphatic rings. The molecule has 1 aromatic carbocycles. The number of nitrogens with zero attached hydrogens (tertiary/aromatic N) is 3. The minimum absolute atomic E-state index is 0.0775. The number of benzene rings is 1.